The number of fused-ring (bicyclic) bond motifs is 5. The van der Waals surface area contributed by atoms with E-state index >= 15 is 0 Å². The quantitative estimate of drug-likeness (QED) is 0.171. The fraction of sp³-hybridized carbons (Fsp3) is 0.545. The molecule has 4 aromatic rings. The fourth-order valence-corrected chi connectivity index (χ4v) is 10.7. The second-order valence-electron chi connectivity index (χ2n) is 17.6. The Morgan fingerprint density at radius 1 is 0.873 bits per heavy atom. The molecule has 5 aliphatic rings. The van der Waals surface area contributed by atoms with Crippen molar-refractivity contribution in [3.63, 3.8) is 0 Å². The summed E-state index contributed by atoms with van der Waals surface area (Å²) in [7, 11) is -3.95. The van der Waals surface area contributed by atoms with Crippen LogP contribution in [0.25, 0.3) is 33.5 Å². The van der Waals surface area contributed by atoms with Crippen LogP contribution in [0, 0.1) is 5.92 Å². The zero-order chi connectivity index (χ0) is 44.1. The van der Waals surface area contributed by atoms with Gasteiger partial charge in [0.25, 0.3) is 11.8 Å². The Balaban J connectivity index is 1.05. The molecule has 0 radical (unpaired) electrons. The van der Waals surface area contributed by atoms with Crippen molar-refractivity contribution in [2.24, 2.45) is 5.92 Å². The van der Waals surface area contributed by atoms with Gasteiger partial charge < -0.3 is 29.4 Å². The van der Waals surface area contributed by atoms with Gasteiger partial charge in [0.15, 0.2) is 5.82 Å². The molecule has 0 unspecified atom stereocenters. The Hall–Kier alpha value is -5.46. The maximum atomic E-state index is 14.8. The van der Waals surface area contributed by atoms with Crippen LogP contribution in [0.1, 0.15) is 102 Å². The molecule has 4 heterocycles. The summed E-state index contributed by atoms with van der Waals surface area (Å²) in [5, 5.41) is 5.59. The minimum Gasteiger partial charge on any atom is -0.470 e. The van der Waals surface area contributed by atoms with Gasteiger partial charge in [-0.2, -0.15) is 18.2 Å². The molecule has 19 heteroatoms. The van der Waals surface area contributed by atoms with E-state index in [1.54, 1.807) is 24.3 Å². The van der Waals surface area contributed by atoms with Gasteiger partial charge in [-0.1, -0.05) is 56.4 Å². The third-order valence-electron chi connectivity index (χ3n) is 13.1. The van der Waals surface area contributed by atoms with Crippen molar-refractivity contribution in [1.29, 1.82) is 0 Å². The number of amides is 4. The number of alkyl carbamates (subject to hydrolysis) is 1. The third-order valence-corrected chi connectivity index (χ3v) is 14.9. The average Bonchev–Trinajstić information content (AvgIpc) is 4.06. The topological polar surface area (TPSA) is 199 Å². The molecule has 4 amide bonds. The normalized spacial score (nSPS) is 26.3. The molecule has 9 rings (SSSR count). The average molecular weight is 895 g/mol. The Labute approximate surface area is 361 Å². The molecular weight excluding hydrogens is 846 g/mol. The highest BCUT2D eigenvalue weighted by Crippen LogP contribution is 2.48. The molecule has 3 N–H and O–H groups in total. The van der Waals surface area contributed by atoms with E-state index in [0.29, 0.717) is 42.2 Å². The highest BCUT2D eigenvalue weighted by Gasteiger charge is 2.62. The molecule has 5 atom stereocenters. The predicted octanol–water partition coefficient (Wildman–Crippen LogP) is 6.68. The molecule has 336 valence electrons. The summed E-state index contributed by atoms with van der Waals surface area (Å²) in [6, 6.07) is 9.06. The van der Waals surface area contributed by atoms with E-state index in [0.717, 1.165) is 63.5 Å². The molecule has 2 aromatic heterocycles. The lowest BCUT2D eigenvalue weighted by atomic mass is 10.0. The monoisotopic (exact) mass is 894 g/mol. The summed E-state index contributed by atoms with van der Waals surface area (Å²) in [6.45, 7) is -0.174. The largest absolute Gasteiger partial charge is 0.470 e. The molecule has 2 aromatic carbocycles. The molecule has 2 aliphatic heterocycles. The molecular formula is C44H49F3N6O9S. The van der Waals surface area contributed by atoms with Gasteiger partial charge in [-0.3, -0.25) is 19.1 Å². The minimum atomic E-state index is -4.56. The zero-order valence-corrected chi connectivity index (χ0v) is 35.3. The number of carbonyl (C=O) groups excluding carboxylic acids is 4. The number of ether oxygens (including phenoxy) is 2. The number of carbonyl (C=O) groups is 4. The van der Waals surface area contributed by atoms with Gasteiger partial charge in [-0.15, -0.1) is 0 Å². The smallest absolute Gasteiger partial charge is 0.416 e. The van der Waals surface area contributed by atoms with Gasteiger partial charge in [0.1, 0.15) is 40.9 Å². The molecule has 5 fully saturated rings. The first-order valence-corrected chi connectivity index (χ1v) is 23.4. The zero-order valence-electron chi connectivity index (χ0n) is 34.5. The second-order valence-corrected chi connectivity index (χ2v) is 19.5. The number of furan rings is 1. The first kappa shape index (κ1) is 42.8. The van der Waals surface area contributed by atoms with Gasteiger partial charge in [0.2, 0.25) is 27.4 Å². The Kier molecular flexibility index (Phi) is 11.5. The minimum absolute atomic E-state index is 0.0401. The summed E-state index contributed by atoms with van der Waals surface area (Å²) >= 11 is 0. The Bertz CT molecular complexity index is 2530. The number of hydrogen-bond donors (Lipinski definition) is 3. The maximum Gasteiger partial charge on any atom is 0.416 e. The van der Waals surface area contributed by atoms with E-state index < -0.39 is 74.6 Å². The first-order valence-electron chi connectivity index (χ1n) is 21.9. The number of rotatable bonds is 8. The fourth-order valence-electron chi connectivity index (χ4n) is 9.33. The van der Waals surface area contributed by atoms with E-state index in [-0.39, 0.29) is 60.7 Å². The summed E-state index contributed by atoms with van der Waals surface area (Å²) < 4.78 is 87.0. The highest BCUT2D eigenvalue weighted by molar-refractivity contribution is 7.91. The van der Waals surface area contributed by atoms with Crippen LogP contribution in [0.2, 0.25) is 0 Å². The van der Waals surface area contributed by atoms with E-state index in [4.69, 9.17) is 13.9 Å². The van der Waals surface area contributed by atoms with Crippen molar-refractivity contribution in [3.05, 3.63) is 54.1 Å². The number of para-hydroxylation sites is 1. The van der Waals surface area contributed by atoms with E-state index in [9.17, 15) is 40.8 Å². The molecule has 2 saturated heterocycles. The van der Waals surface area contributed by atoms with Crippen LogP contribution in [0.3, 0.4) is 0 Å². The van der Waals surface area contributed by atoms with Crippen LogP contribution < -0.4 is 20.1 Å². The van der Waals surface area contributed by atoms with Crippen molar-refractivity contribution in [2.75, 3.05) is 6.54 Å². The molecule has 63 heavy (non-hydrogen) atoms. The summed E-state index contributed by atoms with van der Waals surface area (Å²) in [5.41, 5.74) is -1.21. The number of nitrogens with zero attached hydrogens (tertiary/aromatic N) is 3. The number of sulfonamides is 1. The SMILES string of the molecule is O=C(N[C@H]1CCCCCCC[C@H]2C[C@@]2(C(=O)NS(=O)(=O)C2CC2)NC(=O)[C@@H]2C[C@@H](Oc3nc(-c4ccc(C(F)(F)F)cc4)nc4c3oc3ccccc34)CN2C1=O)OC1CCCC1. The van der Waals surface area contributed by atoms with Crippen molar-refractivity contribution in [2.45, 2.75) is 138 Å². The Morgan fingerprint density at radius 2 is 1.57 bits per heavy atom. The third kappa shape index (κ3) is 9.02. The van der Waals surface area contributed by atoms with Gasteiger partial charge in [-0.25, -0.2) is 18.2 Å². The number of halogens is 3. The van der Waals surface area contributed by atoms with Crippen molar-refractivity contribution in [3.8, 4) is 17.3 Å². The van der Waals surface area contributed by atoms with E-state index in [2.05, 4.69) is 25.3 Å². The van der Waals surface area contributed by atoms with Crippen molar-refractivity contribution in [1.82, 2.24) is 30.2 Å². The number of aromatic nitrogens is 2. The van der Waals surface area contributed by atoms with Crippen molar-refractivity contribution >= 4 is 55.9 Å². The highest BCUT2D eigenvalue weighted by atomic mass is 32.2. The van der Waals surface area contributed by atoms with Crippen LogP contribution in [0.5, 0.6) is 5.88 Å². The lowest BCUT2D eigenvalue weighted by Gasteiger charge is -2.30. The molecule has 3 aliphatic carbocycles. The van der Waals surface area contributed by atoms with Gasteiger partial charge in [0, 0.05) is 17.4 Å². The summed E-state index contributed by atoms with van der Waals surface area (Å²) in [4.78, 5) is 67.1. The van der Waals surface area contributed by atoms with Crippen LogP contribution >= 0.6 is 0 Å². The lowest BCUT2D eigenvalue weighted by Crippen LogP contribution is -2.58. The van der Waals surface area contributed by atoms with Crippen LogP contribution in [0.15, 0.2) is 52.9 Å². The van der Waals surface area contributed by atoms with Gasteiger partial charge >= 0.3 is 12.3 Å². The first-order chi connectivity index (χ1) is 30.2. The molecule has 0 bridgehead atoms. The van der Waals surface area contributed by atoms with Crippen LogP contribution in [0.4, 0.5) is 18.0 Å². The number of hydrogen-bond acceptors (Lipinski definition) is 11. The number of nitrogens with one attached hydrogen (secondary N) is 3. The standard InChI is InChI=1S/C44H49F3N6O9S/c45-44(46,47)26-18-16-25(17-19-26)37-49-35-31-13-8-9-15-34(31)62-36(35)39(50-37)60-29-22-33-38(54)51-43(41(56)52-63(58,59)30-20-21-30)23-27(43)10-4-2-1-3-5-14-32(40(55)53(33)24-29)48-42(57)61-28-11-6-7-12-28/h8-9,13,15-19,27-30,32-33H,1-7,10-12,14,20-24H2,(H,48,57)(H,51,54)(H,52,56)/t27-,29+,32-,33-,43+/m0/s1. The number of alkyl halides is 3. The Morgan fingerprint density at radius 3 is 2.30 bits per heavy atom. The number of benzene rings is 2. The lowest BCUT2D eigenvalue weighted by molar-refractivity contribution is -0.141. The predicted molar refractivity (Wildman–Crippen MR) is 221 cm³/mol. The van der Waals surface area contributed by atoms with E-state index in [1.165, 1.54) is 17.0 Å². The molecule has 15 nitrogen and oxygen atoms in total. The van der Waals surface area contributed by atoms with E-state index in [1.807, 2.05) is 0 Å². The van der Waals surface area contributed by atoms with Gasteiger partial charge in [0.05, 0.1) is 17.4 Å². The van der Waals surface area contributed by atoms with Gasteiger partial charge in [-0.05, 0) is 88.0 Å². The summed E-state index contributed by atoms with van der Waals surface area (Å²) in [5.74, 6) is -2.43. The van der Waals surface area contributed by atoms with Crippen molar-refractivity contribution < 1.29 is 54.7 Å². The van der Waals surface area contributed by atoms with Crippen LogP contribution in [-0.4, -0.2) is 88.7 Å². The molecule has 3 saturated carbocycles. The summed E-state index contributed by atoms with van der Waals surface area (Å²) in [6.07, 6.45) is 2.39. The second kappa shape index (κ2) is 16.9. The molecule has 0 spiro atoms. The maximum absolute atomic E-state index is 14.8. The van der Waals surface area contributed by atoms with Crippen LogP contribution in [-0.2, 0) is 35.3 Å².